The van der Waals surface area contributed by atoms with Crippen molar-refractivity contribution < 1.29 is 9.53 Å². The topological polar surface area (TPSA) is 51.2 Å². The first-order valence-electron chi connectivity index (χ1n) is 9.38. The SMILES string of the molecule is CC(C)(C)c1csc(CCNC(=O)C2(c3ccc(Cl)cc3)CCOCC2)n1. The number of hydrogen-bond donors (Lipinski definition) is 1. The predicted molar refractivity (Wildman–Crippen MR) is 111 cm³/mol. The molecular formula is C21H27ClN2O2S. The first-order chi connectivity index (χ1) is 12.8. The van der Waals surface area contributed by atoms with Crippen LogP contribution in [0.5, 0.6) is 0 Å². The van der Waals surface area contributed by atoms with E-state index >= 15 is 0 Å². The molecule has 1 aromatic carbocycles. The molecule has 0 aliphatic carbocycles. The van der Waals surface area contributed by atoms with Crippen LogP contribution in [0.3, 0.4) is 0 Å². The van der Waals surface area contributed by atoms with Gasteiger partial charge < -0.3 is 10.1 Å². The Bertz CT molecular complexity index is 774. The molecule has 0 atom stereocenters. The molecule has 27 heavy (non-hydrogen) atoms. The van der Waals surface area contributed by atoms with Crippen molar-refractivity contribution >= 4 is 28.8 Å². The summed E-state index contributed by atoms with van der Waals surface area (Å²) in [5.41, 5.74) is 1.63. The Hall–Kier alpha value is -1.43. The van der Waals surface area contributed by atoms with Crippen molar-refractivity contribution in [1.82, 2.24) is 10.3 Å². The quantitative estimate of drug-likeness (QED) is 0.795. The Balaban J connectivity index is 1.66. The molecule has 1 N–H and O–H groups in total. The fraction of sp³-hybridized carbons (Fsp3) is 0.524. The third-order valence-corrected chi connectivity index (χ3v) is 6.28. The van der Waals surface area contributed by atoms with E-state index in [9.17, 15) is 4.79 Å². The average molecular weight is 407 g/mol. The fourth-order valence-electron chi connectivity index (χ4n) is 3.36. The highest BCUT2D eigenvalue weighted by molar-refractivity contribution is 7.09. The van der Waals surface area contributed by atoms with Gasteiger partial charge in [-0.2, -0.15) is 0 Å². The van der Waals surface area contributed by atoms with Gasteiger partial charge in [0, 0.05) is 42.0 Å². The van der Waals surface area contributed by atoms with Gasteiger partial charge in [-0.05, 0) is 30.5 Å². The van der Waals surface area contributed by atoms with E-state index < -0.39 is 5.41 Å². The molecule has 0 radical (unpaired) electrons. The molecule has 0 unspecified atom stereocenters. The van der Waals surface area contributed by atoms with E-state index in [0.29, 0.717) is 37.6 Å². The molecule has 1 amide bonds. The third kappa shape index (κ3) is 4.71. The van der Waals surface area contributed by atoms with Gasteiger partial charge in [0.15, 0.2) is 0 Å². The van der Waals surface area contributed by atoms with Crippen molar-refractivity contribution in [1.29, 1.82) is 0 Å². The first-order valence-corrected chi connectivity index (χ1v) is 10.6. The molecule has 1 aliphatic rings. The lowest BCUT2D eigenvalue weighted by molar-refractivity contribution is -0.130. The Kier molecular flexibility index (Phi) is 6.24. The van der Waals surface area contributed by atoms with Gasteiger partial charge in [-0.1, -0.05) is 44.5 Å². The summed E-state index contributed by atoms with van der Waals surface area (Å²) >= 11 is 7.69. The zero-order valence-corrected chi connectivity index (χ0v) is 17.8. The van der Waals surface area contributed by atoms with Crippen LogP contribution >= 0.6 is 22.9 Å². The van der Waals surface area contributed by atoms with Gasteiger partial charge in [-0.15, -0.1) is 11.3 Å². The Morgan fingerprint density at radius 2 is 1.93 bits per heavy atom. The summed E-state index contributed by atoms with van der Waals surface area (Å²) in [5.74, 6) is 0.0701. The minimum Gasteiger partial charge on any atom is -0.381 e. The van der Waals surface area contributed by atoms with Crippen LogP contribution in [0.2, 0.25) is 5.02 Å². The highest BCUT2D eigenvalue weighted by Crippen LogP contribution is 2.35. The van der Waals surface area contributed by atoms with Crippen molar-refractivity contribution in [2.24, 2.45) is 0 Å². The van der Waals surface area contributed by atoms with Gasteiger partial charge in [0.2, 0.25) is 5.91 Å². The number of nitrogens with one attached hydrogen (secondary N) is 1. The van der Waals surface area contributed by atoms with Gasteiger partial charge in [-0.3, -0.25) is 4.79 Å². The monoisotopic (exact) mass is 406 g/mol. The molecule has 3 rings (SSSR count). The van der Waals surface area contributed by atoms with Crippen molar-refractivity contribution in [2.45, 2.75) is 50.9 Å². The fourth-order valence-corrected chi connectivity index (χ4v) is 4.51. The number of hydrogen-bond acceptors (Lipinski definition) is 4. The van der Waals surface area contributed by atoms with Gasteiger partial charge in [-0.25, -0.2) is 4.98 Å². The molecular weight excluding hydrogens is 380 g/mol. The van der Waals surface area contributed by atoms with Crippen LogP contribution in [-0.2, 0) is 26.8 Å². The van der Waals surface area contributed by atoms with Crippen LogP contribution in [0.15, 0.2) is 29.6 Å². The van der Waals surface area contributed by atoms with Crippen molar-refractivity contribution in [3.05, 3.63) is 50.9 Å². The maximum Gasteiger partial charge on any atom is 0.230 e. The third-order valence-electron chi connectivity index (χ3n) is 5.12. The second-order valence-corrected chi connectivity index (χ2v) is 9.46. The molecule has 1 aromatic heterocycles. The predicted octanol–water partition coefficient (Wildman–Crippen LogP) is 4.50. The lowest BCUT2D eigenvalue weighted by Gasteiger charge is -2.36. The number of rotatable bonds is 5. The summed E-state index contributed by atoms with van der Waals surface area (Å²) in [7, 11) is 0. The number of amides is 1. The van der Waals surface area contributed by atoms with Crippen LogP contribution in [0.1, 0.15) is 49.9 Å². The highest BCUT2D eigenvalue weighted by Gasteiger charge is 2.41. The minimum absolute atomic E-state index is 0.0543. The molecule has 4 nitrogen and oxygen atoms in total. The van der Waals surface area contributed by atoms with E-state index in [-0.39, 0.29) is 11.3 Å². The van der Waals surface area contributed by atoms with Crippen LogP contribution in [0.4, 0.5) is 0 Å². The van der Waals surface area contributed by atoms with Crippen molar-refractivity contribution in [3.8, 4) is 0 Å². The largest absolute Gasteiger partial charge is 0.381 e. The number of halogens is 1. The summed E-state index contributed by atoms with van der Waals surface area (Å²) in [6.45, 7) is 8.26. The van der Waals surface area contributed by atoms with Crippen LogP contribution < -0.4 is 5.32 Å². The maximum absolute atomic E-state index is 13.1. The normalized spacial score (nSPS) is 16.9. The number of carbonyl (C=O) groups is 1. The summed E-state index contributed by atoms with van der Waals surface area (Å²) in [4.78, 5) is 17.9. The lowest BCUT2D eigenvalue weighted by Crippen LogP contribution is -2.48. The lowest BCUT2D eigenvalue weighted by atomic mass is 9.73. The van der Waals surface area contributed by atoms with Crippen LogP contribution in [0, 0.1) is 0 Å². The zero-order valence-electron chi connectivity index (χ0n) is 16.2. The molecule has 1 saturated heterocycles. The smallest absolute Gasteiger partial charge is 0.230 e. The van der Waals surface area contributed by atoms with E-state index in [2.05, 4.69) is 31.5 Å². The second kappa shape index (κ2) is 8.29. The van der Waals surface area contributed by atoms with Crippen LogP contribution in [0.25, 0.3) is 0 Å². The molecule has 0 saturated carbocycles. The van der Waals surface area contributed by atoms with Crippen molar-refractivity contribution in [3.63, 3.8) is 0 Å². The Morgan fingerprint density at radius 3 is 2.52 bits per heavy atom. The molecule has 1 fully saturated rings. The van der Waals surface area contributed by atoms with E-state index in [1.807, 2.05) is 24.3 Å². The Morgan fingerprint density at radius 1 is 1.26 bits per heavy atom. The van der Waals surface area contributed by atoms with Gasteiger partial charge >= 0.3 is 0 Å². The molecule has 6 heteroatoms. The maximum atomic E-state index is 13.1. The van der Waals surface area contributed by atoms with Crippen molar-refractivity contribution in [2.75, 3.05) is 19.8 Å². The molecule has 146 valence electrons. The van der Waals surface area contributed by atoms with Gasteiger partial charge in [0.05, 0.1) is 16.1 Å². The molecule has 0 bridgehead atoms. The van der Waals surface area contributed by atoms with E-state index in [1.165, 1.54) is 0 Å². The Labute approximate surface area is 170 Å². The van der Waals surface area contributed by atoms with E-state index in [4.69, 9.17) is 21.3 Å². The number of thiazole rings is 1. The summed E-state index contributed by atoms with van der Waals surface area (Å²) in [6, 6.07) is 7.63. The summed E-state index contributed by atoms with van der Waals surface area (Å²) in [6.07, 6.45) is 2.12. The number of nitrogens with zero attached hydrogens (tertiary/aromatic N) is 1. The second-order valence-electron chi connectivity index (χ2n) is 8.08. The summed E-state index contributed by atoms with van der Waals surface area (Å²) in [5, 5.41) is 7.00. The van der Waals surface area contributed by atoms with E-state index in [0.717, 1.165) is 22.7 Å². The molecule has 2 heterocycles. The zero-order chi connectivity index (χ0) is 19.5. The average Bonchev–Trinajstić information content (AvgIpc) is 3.12. The number of aromatic nitrogens is 1. The molecule has 2 aromatic rings. The summed E-state index contributed by atoms with van der Waals surface area (Å²) < 4.78 is 5.51. The standard InChI is InChI=1S/C21H27ClN2O2S/c1-20(2,3)17-14-27-18(24-17)8-11-23-19(25)21(9-12-26-13-10-21)15-4-6-16(22)7-5-15/h4-7,14H,8-13H2,1-3H3,(H,23,25). The number of benzene rings is 1. The van der Waals surface area contributed by atoms with E-state index in [1.54, 1.807) is 11.3 Å². The van der Waals surface area contributed by atoms with Gasteiger partial charge in [0.1, 0.15) is 0 Å². The minimum atomic E-state index is -0.539. The first kappa shape index (κ1) is 20.3. The number of ether oxygens (including phenoxy) is 1. The highest BCUT2D eigenvalue weighted by atomic mass is 35.5. The van der Waals surface area contributed by atoms with Crippen LogP contribution in [-0.4, -0.2) is 30.6 Å². The molecule has 1 aliphatic heterocycles. The number of carbonyl (C=O) groups excluding carboxylic acids is 1. The molecule has 0 spiro atoms. The van der Waals surface area contributed by atoms with Gasteiger partial charge in [0.25, 0.3) is 0 Å².